The van der Waals surface area contributed by atoms with E-state index in [1.165, 1.54) is 25.7 Å². The number of hydrogen-bond acceptors (Lipinski definition) is 4. The molecule has 2 saturated heterocycles. The summed E-state index contributed by atoms with van der Waals surface area (Å²) < 4.78 is 4.61. The van der Waals surface area contributed by atoms with Crippen LogP contribution in [0.25, 0.3) is 0 Å². The Morgan fingerprint density at radius 3 is 2.20 bits per heavy atom. The molecule has 0 spiro atoms. The van der Waals surface area contributed by atoms with Crippen molar-refractivity contribution < 1.29 is 19.4 Å². The fourth-order valence-electron chi connectivity index (χ4n) is 2.69. The summed E-state index contributed by atoms with van der Waals surface area (Å²) in [4.78, 5) is 23.2. The fraction of sp³-hybridized carbons (Fsp3) is 0.800. The van der Waals surface area contributed by atoms with Crippen molar-refractivity contribution >= 4 is 11.9 Å². The Hall–Kier alpha value is -1.10. The summed E-state index contributed by atoms with van der Waals surface area (Å²) in [5.41, 5.74) is 0. The smallest absolute Gasteiger partial charge is 0.417 e. The second-order valence-corrected chi connectivity index (χ2v) is 4.14. The van der Waals surface area contributed by atoms with Crippen molar-refractivity contribution in [1.29, 1.82) is 0 Å². The van der Waals surface area contributed by atoms with E-state index in [0.717, 1.165) is 0 Å². The van der Waals surface area contributed by atoms with E-state index in [9.17, 15) is 9.59 Å². The molecule has 0 aromatic heterocycles. The van der Waals surface area contributed by atoms with Crippen LogP contribution < -0.4 is 0 Å². The van der Waals surface area contributed by atoms with Crippen molar-refractivity contribution in [1.82, 2.24) is 4.90 Å². The summed E-state index contributed by atoms with van der Waals surface area (Å²) in [6.07, 6.45) is 4.93. The molecule has 2 bridgehead atoms. The van der Waals surface area contributed by atoms with Crippen LogP contribution >= 0.6 is 0 Å². The highest BCUT2D eigenvalue weighted by Crippen LogP contribution is 2.36. The molecule has 5 nitrogen and oxygen atoms in total. The third-order valence-corrected chi connectivity index (χ3v) is 3.36. The number of carboxylic acid groups (broad SMARTS) is 1. The van der Waals surface area contributed by atoms with Gasteiger partial charge in [0.05, 0.1) is 0 Å². The average Bonchev–Trinajstić information content (AvgIpc) is 2.77. The Bertz CT molecular complexity index is 259. The molecule has 5 heteroatoms. The Morgan fingerprint density at radius 1 is 1.20 bits per heavy atom. The topological polar surface area (TPSA) is 66.8 Å². The monoisotopic (exact) mass is 213 g/mol. The maximum Gasteiger partial charge on any atom is 0.417 e. The van der Waals surface area contributed by atoms with Crippen LogP contribution in [0.2, 0.25) is 0 Å². The zero-order valence-electron chi connectivity index (χ0n) is 8.52. The van der Waals surface area contributed by atoms with Crippen molar-refractivity contribution in [3.8, 4) is 0 Å². The van der Waals surface area contributed by atoms with Crippen molar-refractivity contribution in [2.75, 3.05) is 13.2 Å². The molecule has 84 valence electrons. The van der Waals surface area contributed by atoms with E-state index >= 15 is 0 Å². The van der Waals surface area contributed by atoms with Gasteiger partial charge < -0.3 is 9.84 Å². The molecular formula is C10H15NO4. The molecule has 2 aliphatic heterocycles. The van der Waals surface area contributed by atoms with E-state index in [-0.39, 0.29) is 6.61 Å². The molecule has 0 amide bonds. The highest BCUT2D eigenvalue weighted by atomic mass is 16.6. The van der Waals surface area contributed by atoms with Gasteiger partial charge in [-0.25, -0.2) is 9.59 Å². The number of carbonyl (C=O) groups excluding carboxylic acids is 1. The summed E-state index contributed by atoms with van der Waals surface area (Å²) in [6, 6.07) is 1.28. The normalized spacial score (nSPS) is 29.3. The van der Waals surface area contributed by atoms with Gasteiger partial charge in [0.2, 0.25) is 0 Å². The minimum atomic E-state index is -1.51. The number of fused-ring (bicyclic) bond motifs is 2. The molecule has 0 unspecified atom stereocenters. The molecule has 15 heavy (non-hydrogen) atoms. The number of aliphatic carboxylic acids is 1. The second kappa shape index (κ2) is 4.18. The van der Waals surface area contributed by atoms with Gasteiger partial charge in [-0.3, -0.25) is 4.90 Å². The molecule has 1 N–H and O–H groups in total. The molecule has 0 radical (unpaired) electrons. The molecule has 0 aromatic rings. The summed E-state index contributed by atoms with van der Waals surface area (Å²) >= 11 is 0. The number of rotatable bonds is 3. The number of nitrogens with zero attached hydrogens (tertiary/aromatic N) is 1. The lowest BCUT2D eigenvalue weighted by Gasteiger charge is -2.20. The Morgan fingerprint density at radius 2 is 1.73 bits per heavy atom. The zero-order chi connectivity index (χ0) is 10.8. The third-order valence-electron chi connectivity index (χ3n) is 3.36. The van der Waals surface area contributed by atoms with Gasteiger partial charge in [0.15, 0.2) is 0 Å². The van der Waals surface area contributed by atoms with Crippen LogP contribution in [-0.4, -0.2) is 47.2 Å². The van der Waals surface area contributed by atoms with Crippen molar-refractivity contribution in [2.24, 2.45) is 0 Å². The van der Waals surface area contributed by atoms with Crippen molar-refractivity contribution in [2.45, 2.75) is 37.8 Å². The van der Waals surface area contributed by atoms with Crippen LogP contribution in [0.1, 0.15) is 25.7 Å². The van der Waals surface area contributed by atoms with Gasteiger partial charge in [0.25, 0.3) is 0 Å². The van der Waals surface area contributed by atoms with Gasteiger partial charge in [0.1, 0.15) is 6.61 Å². The third kappa shape index (κ3) is 2.12. The Labute approximate surface area is 88.0 Å². The van der Waals surface area contributed by atoms with Crippen LogP contribution in [0.15, 0.2) is 0 Å². The largest absolute Gasteiger partial charge is 0.473 e. The van der Waals surface area contributed by atoms with Crippen LogP contribution in [-0.2, 0) is 14.3 Å². The zero-order valence-corrected chi connectivity index (χ0v) is 8.52. The highest BCUT2D eigenvalue weighted by molar-refractivity contribution is 6.28. The number of ether oxygens (including phenoxy) is 1. The first kappa shape index (κ1) is 10.4. The molecule has 0 atom stereocenters. The Balaban J connectivity index is 1.71. The molecule has 2 aliphatic rings. The maximum atomic E-state index is 10.7. The van der Waals surface area contributed by atoms with E-state index < -0.39 is 11.9 Å². The van der Waals surface area contributed by atoms with E-state index in [2.05, 4.69) is 9.64 Å². The minimum absolute atomic E-state index is 0.193. The predicted molar refractivity (Wildman–Crippen MR) is 51.3 cm³/mol. The maximum absolute atomic E-state index is 10.7. The van der Waals surface area contributed by atoms with E-state index in [4.69, 9.17) is 5.11 Å². The van der Waals surface area contributed by atoms with Crippen molar-refractivity contribution in [3.05, 3.63) is 0 Å². The first-order valence-corrected chi connectivity index (χ1v) is 5.34. The molecular weight excluding hydrogens is 198 g/mol. The van der Waals surface area contributed by atoms with Gasteiger partial charge in [-0.05, 0) is 25.7 Å². The number of hydrogen-bond donors (Lipinski definition) is 1. The minimum Gasteiger partial charge on any atom is -0.473 e. The van der Waals surface area contributed by atoms with Crippen molar-refractivity contribution in [3.63, 3.8) is 0 Å². The summed E-state index contributed by atoms with van der Waals surface area (Å²) in [7, 11) is 0. The SMILES string of the molecule is O=C(O)C(=O)OCCN1C2CCC1CC2. The first-order chi connectivity index (χ1) is 7.18. The van der Waals surface area contributed by atoms with Crippen LogP contribution in [0, 0.1) is 0 Å². The Kier molecular flexibility index (Phi) is 2.90. The quantitative estimate of drug-likeness (QED) is 0.537. The summed E-state index contributed by atoms with van der Waals surface area (Å²) in [6.45, 7) is 0.868. The molecule has 2 fully saturated rings. The lowest BCUT2D eigenvalue weighted by Crippen LogP contribution is -2.33. The molecule has 0 aromatic carbocycles. The van der Waals surface area contributed by atoms with Gasteiger partial charge in [-0.15, -0.1) is 0 Å². The van der Waals surface area contributed by atoms with Gasteiger partial charge in [-0.1, -0.05) is 0 Å². The summed E-state index contributed by atoms with van der Waals surface area (Å²) in [5, 5.41) is 8.30. The standard InChI is InChI=1S/C10H15NO4/c12-9(13)10(14)15-6-5-11-7-1-2-8(11)4-3-7/h7-8H,1-6H2,(H,12,13). The molecule has 2 heterocycles. The molecule has 0 saturated carbocycles. The van der Waals surface area contributed by atoms with E-state index in [1.807, 2.05) is 0 Å². The number of carboxylic acids is 1. The van der Waals surface area contributed by atoms with Crippen LogP contribution in [0.5, 0.6) is 0 Å². The van der Waals surface area contributed by atoms with Gasteiger partial charge >= 0.3 is 11.9 Å². The van der Waals surface area contributed by atoms with Gasteiger partial charge in [-0.2, -0.15) is 0 Å². The number of esters is 1. The highest BCUT2D eigenvalue weighted by Gasteiger charge is 2.38. The molecule has 0 aliphatic carbocycles. The van der Waals surface area contributed by atoms with Gasteiger partial charge in [0, 0.05) is 18.6 Å². The average molecular weight is 213 g/mol. The van der Waals surface area contributed by atoms with E-state index in [1.54, 1.807) is 0 Å². The fourth-order valence-corrected chi connectivity index (χ4v) is 2.69. The lowest BCUT2D eigenvalue weighted by molar-refractivity contribution is -0.164. The van der Waals surface area contributed by atoms with Crippen LogP contribution in [0.4, 0.5) is 0 Å². The molecule has 2 rings (SSSR count). The predicted octanol–water partition coefficient (Wildman–Crippen LogP) is 0.241. The first-order valence-electron chi connectivity index (χ1n) is 5.34. The van der Waals surface area contributed by atoms with Crippen LogP contribution in [0.3, 0.4) is 0 Å². The summed E-state index contributed by atoms with van der Waals surface area (Å²) in [5.74, 6) is -2.67. The number of carbonyl (C=O) groups is 2. The second-order valence-electron chi connectivity index (χ2n) is 4.14. The lowest BCUT2D eigenvalue weighted by atomic mass is 10.0. The van der Waals surface area contributed by atoms with E-state index in [0.29, 0.717) is 18.6 Å².